The van der Waals surface area contributed by atoms with Gasteiger partial charge in [-0.05, 0) is 38.1 Å². The predicted molar refractivity (Wildman–Crippen MR) is 98.4 cm³/mol. The molecule has 2 aromatic carbocycles. The summed E-state index contributed by atoms with van der Waals surface area (Å²) in [5, 5.41) is 20.6. The number of nitro groups is 2. The number of ether oxygens (including phenoxy) is 1. The summed E-state index contributed by atoms with van der Waals surface area (Å²) in [4.78, 5) is 21.8. The standard InChI is InChI=1S/C12H16N2O3.C6H4FNO2/c1-9-7-13(8-10(2)17-9)11-3-5-12(6-4-11)14(15)16;7-5-1-3-6(4-2-5)8(9)10/h3-6,9-10H,7-8H2,1-2H3;1-4H/t9-,10+;. The Bertz CT molecular complexity index is 773. The van der Waals surface area contributed by atoms with Crippen LogP contribution in [0.5, 0.6) is 0 Å². The Morgan fingerprint density at radius 2 is 1.30 bits per heavy atom. The van der Waals surface area contributed by atoms with Gasteiger partial charge in [-0.15, -0.1) is 0 Å². The molecule has 1 aliphatic heterocycles. The van der Waals surface area contributed by atoms with E-state index < -0.39 is 10.7 Å². The van der Waals surface area contributed by atoms with Crippen molar-refractivity contribution in [1.82, 2.24) is 0 Å². The van der Waals surface area contributed by atoms with Gasteiger partial charge in [0.05, 0.1) is 22.1 Å². The van der Waals surface area contributed by atoms with Crippen LogP contribution in [-0.2, 0) is 4.74 Å². The highest BCUT2D eigenvalue weighted by Gasteiger charge is 2.22. The van der Waals surface area contributed by atoms with E-state index in [1.54, 1.807) is 24.3 Å². The van der Waals surface area contributed by atoms with Gasteiger partial charge in [-0.25, -0.2) is 4.39 Å². The smallest absolute Gasteiger partial charge is 0.269 e. The van der Waals surface area contributed by atoms with Gasteiger partial charge in [-0.1, -0.05) is 0 Å². The number of non-ortho nitro benzene ring substituents is 2. The normalized spacial score (nSPS) is 19.0. The van der Waals surface area contributed by atoms with Crippen LogP contribution in [0.4, 0.5) is 21.5 Å². The van der Waals surface area contributed by atoms with Crippen LogP contribution in [0.3, 0.4) is 0 Å². The Morgan fingerprint density at radius 1 is 0.889 bits per heavy atom. The van der Waals surface area contributed by atoms with Gasteiger partial charge >= 0.3 is 0 Å². The van der Waals surface area contributed by atoms with Crippen molar-refractivity contribution in [1.29, 1.82) is 0 Å². The van der Waals surface area contributed by atoms with E-state index in [0.29, 0.717) is 0 Å². The molecule has 0 aliphatic carbocycles. The molecule has 3 rings (SSSR count). The topological polar surface area (TPSA) is 98.8 Å². The van der Waals surface area contributed by atoms with Crippen LogP contribution in [0.1, 0.15) is 13.8 Å². The molecule has 144 valence electrons. The van der Waals surface area contributed by atoms with Crippen molar-refractivity contribution in [2.45, 2.75) is 26.1 Å². The Labute approximate surface area is 155 Å². The molecule has 0 bridgehead atoms. The van der Waals surface area contributed by atoms with Gasteiger partial charge in [-0.2, -0.15) is 0 Å². The lowest BCUT2D eigenvalue weighted by molar-refractivity contribution is -0.385. The first-order valence-electron chi connectivity index (χ1n) is 8.31. The summed E-state index contributed by atoms with van der Waals surface area (Å²) < 4.78 is 17.8. The lowest BCUT2D eigenvalue weighted by atomic mass is 10.2. The van der Waals surface area contributed by atoms with Crippen LogP contribution in [0, 0.1) is 26.0 Å². The molecule has 0 unspecified atom stereocenters. The van der Waals surface area contributed by atoms with Gasteiger partial charge < -0.3 is 9.64 Å². The number of hydrogen-bond donors (Lipinski definition) is 0. The van der Waals surface area contributed by atoms with Gasteiger partial charge in [0, 0.05) is 43.0 Å². The minimum atomic E-state index is -0.570. The largest absolute Gasteiger partial charge is 0.372 e. The van der Waals surface area contributed by atoms with Crippen molar-refractivity contribution in [3.05, 3.63) is 74.6 Å². The average molecular weight is 377 g/mol. The van der Waals surface area contributed by atoms with Crippen LogP contribution < -0.4 is 4.90 Å². The lowest BCUT2D eigenvalue weighted by Gasteiger charge is -2.36. The van der Waals surface area contributed by atoms with E-state index in [1.807, 2.05) is 13.8 Å². The summed E-state index contributed by atoms with van der Waals surface area (Å²) in [7, 11) is 0. The first-order valence-corrected chi connectivity index (χ1v) is 8.31. The van der Waals surface area contributed by atoms with E-state index in [9.17, 15) is 24.6 Å². The number of nitrogens with zero attached hydrogens (tertiary/aromatic N) is 3. The summed E-state index contributed by atoms with van der Waals surface area (Å²) >= 11 is 0. The molecular weight excluding hydrogens is 357 g/mol. The predicted octanol–water partition coefficient (Wildman–Crippen LogP) is 3.94. The lowest BCUT2D eigenvalue weighted by Crippen LogP contribution is -2.45. The molecule has 2 aromatic rings. The molecule has 1 fully saturated rings. The second-order valence-electron chi connectivity index (χ2n) is 6.17. The van der Waals surface area contributed by atoms with Gasteiger partial charge in [0.1, 0.15) is 5.82 Å². The number of hydrogen-bond acceptors (Lipinski definition) is 6. The molecule has 1 aliphatic rings. The van der Waals surface area contributed by atoms with Gasteiger partial charge in [0.15, 0.2) is 0 Å². The molecular formula is C18H20FN3O5. The zero-order valence-corrected chi connectivity index (χ0v) is 14.9. The van der Waals surface area contributed by atoms with E-state index in [0.717, 1.165) is 43.0 Å². The maximum absolute atomic E-state index is 12.1. The Morgan fingerprint density at radius 3 is 1.70 bits per heavy atom. The van der Waals surface area contributed by atoms with E-state index in [1.165, 1.54) is 0 Å². The zero-order chi connectivity index (χ0) is 20.0. The summed E-state index contributed by atoms with van der Waals surface area (Å²) in [6.07, 6.45) is 0.378. The van der Waals surface area contributed by atoms with Crippen molar-refractivity contribution in [2.75, 3.05) is 18.0 Å². The highest BCUT2D eigenvalue weighted by molar-refractivity contribution is 5.51. The second-order valence-corrected chi connectivity index (χ2v) is 6.17. The van der Waals surface area contributed by atoms with Crippen molar-refractivity contribution >= 4 is 17.1 Å². The molecule has 0 radical (unpaired) electrons. The molecule has 8 nitrogen and oxygen atoms in total. The van der Waals surface area contributed by atoms with E-state index in [-0.39, 0.29) is 28.5 Å². The third kappa shape index (κ3) is 6.00. The molecule has 2 atom stereocenters. The molecule has 9 heteroatoms. The highest BCUT2D eigenvalue weighted by atomic mass is 19.1. The number of morpholine rings is 1. The maximum Gasteiger partial charge on any atom is 0.269 e. The summed E-state index contributed by atoms with van der Waals surface area (Å²) in [6, 6.07) is 11.0. The fourth-order valence-corrected chi connectivity index (χ4v) is 2.74. The van der Waals surface area contributed by atoms with E-state index in [4.69, 9.17) is 4.74 Å². The third-order valence-corrected chi connectivity index (χ3v) is 3.88. The number of halogens is 1. The van der Waals surface area contributed by atoms with Crippen LogP contribution >= 0.6 is 0 Å². The Kier molecular flexibility index (Phi) is 6.78. The summed E-state index contributed by atoms with van der Waals surface area (Å²) in [6.45, 7) is 5.71. The molecule has 27 heavy (non-hydrogen) atoms. The van der Waals surface area contributed by atoms with Gasteiger partial charge in [-0.3, -0.25) is 20.2 Å². The quantitative estimate of drug-likeness (QED) is 0.593. The minimum absolute atomic E-state index is 0.0959. The van der Waals surface area contributed by atoms with Crippen LogP contribution in [0.2, 0.25) is 0 Å². The molecule has 1 heterocycles. The fraction of sp³-hybridized carbons (Fsp3) is 0.333. The van der Waals surface area contributed by atoms with Crippen molar-refractivity contribution in [3.8, 4) is 0 Å². The minimum Gasteiger partial charge on any atom is -0.372 e. The SMILES string of the molecule is C[C@@H]1CN(c2ccc([N+](=O)[O-])cc2)C[C@H](C)O1.O=[N+]([O-])c1ccc(F)cc1. The molecule has 0 amide bonds. The van der Waals surface area contributed by atoms with Crippen molar-refractivity contribution < 1.29 is 19.0 Å². The van der Waals surface area contributed by atoms with Crippen molar-refractivity contribution in [3.63, 3.8) is 0 Å². The van der Waals surface area contributed by atoms with Gasteiger partial charge in [0.2, 0.25) is 0 Å². The second kappa shape index (κ2) is 9.04. The molecule has 0 spiro atoms. The molecule has 0 N–H and O–H groups in total. The van der Waals surface area contributed by atoms with Gasteiger partial charge in [0.25, 0.3) is 11.4 Å². The monoisotopic (exact) mass is 377 g/mol. The number of rotatable bonds is 3. The van der Waals surface area contributed by atoms with Crippen LogP contribution in [-0.4, -0.2) is 35.1 Å². The molecule has 0 saturated carbocycles. The summed E-state index contributed by atoms with van der Waals surface area (Å²) in [5.41, 5.74) is 1.04. The van der Waals surface area contributed by atoms with Crippen LogP contribution in [0.25, 0.3) is 0 Å². The average Bonchev–Trinajstić information content (AvgIpc) is 2.62. The van der Waals surface area contributed by atoms with Crippen LogP contribution in [0.15, 0.2) is 48.5 Å². The summed E-state index contributed by atoms with van der Waals surface area (Å²) in [5.74, 6) is -0.467. The number of anilines is 1. The maximum atomic E-state index is 12.1. The van der Waals surface area contributed by atoms with E-state index >= 15 is 0 Å². The fourth-order valence-electron chi connectivity index (χ4n) is 2.74. The third-order valence-electron chi connectivity index (χ3n) is 3.88. The Balaban J connectivity index is 0.000000223. The first-order chi connectivity index (χ1) is 12.8. The molecule has 0 aromatic heterocycles. The first kappa shape index (κ1) is 20.2. The number of nitro benzene ring substituents is 2. The highest BCUT2D eigenvalue weighted by Crippen LogP contribution is 2.22. The van der Waals surface area contributed by atoms with E-state index in [2.05, 4.69) is 4.90 Å². The zero-order valence-electron chi connectivity index (χ0n) is 14.9. The Hall–Kier alpha value is -3.07. The van der Waals surface area contributed by atoms with Crippen molar-refractivity contribution in [2.24, 2.45) is 0 Å². The molecule has 1 saturated heterocycles. The number of benzene rings is 2.